The van der Waals surface area contributed by atoms with Gasteiger partial charge in [-0.15, -0.1) is 0 Å². The Kier molecular flexibility index (Phi) is 8.34. The molecule has 0 amide bonds. The summed E-state index contributed by atoms with van der Waals surface area (Å²) < 4.78 is 10.9. The van der Waals surface area contributed by atoms with Crippen molar-refractivity contribution in [2.75, 3.05) is 13.7 Å². The molecule has 0 spiro atoms. The Labute approximate surface area is 165 Å². The quantitative estimate of drug-likeness (QED) is 0.652. The lowest BCUT2D eigenvalue weighted by molar-refractivity contribution is -0.146. The molecule has 0 radical (unpaired) electrons. The van der Waals surface area contributed by atoms with Gasteiger partial charge in [-0.1, -0.05) is 60.6 Å². The van der Waals surface area contributed by atoms with Crippen molar-refractivity contribution in [1.29, 1.82) is 0 Å². The van der Waals surface area contributed by atoms with Crippen LogP contribution in [0.15, 0.2) is 12.1 Å². The van der Waals surface area contributed by atoms with Gasteiger partial charge in [0.25, 0.3) is 0 Å². The van der Waals surface area contributed by atoms with Crippen LogP contribution in [0.4, 0.5) is 0 Å². The highest BCUT2D eigenvalue weighted by Gasteiger charge is 2.27. The van der Waals surface area contributed by atoms with Crippen molar-refractivity contribution in [2.24, 2.45) is 0 Å². The van der Waals surface area contributed by atoms with Gasteiger partial charge in [0.2, 0.25) is 0 Å². The first-order valence-corrected chi connectivity index (χ1v) is 9.95. The second-order valence-electron chi connectivity index (χ2n) is 9.32. The molecule has 0 saturated heterocycles. The summed E-state index contributed by atoms with van der Waals surface area (Å²) in [4.78, 5) is 11.9. The zero-order chi connectivity index (χ0) is 20.8. The molecule has 0 fully saturated rings. The van der Waals surface area contributed by atoms with Crippen LogP contribution in [0.3, 0.4) is 0 Å². The Morgan fingerprint density at radius 2 is 1.59 bits per heavy atom. The van der Waals surface area contributed by atoms with E-state index < -0.39 is 6.10 Å². The fourth-order valence-electron chi connectivity index (χ4n) is 2.98. The summed E-state index contributed by atoms with van der Waals surface area (Å²) in [6.45, 7) is 15.1. The first kappa shape index (κ1) is 23.5. The van der Waals surface area contributed by atoms with Gasteiger partial charge in [0.05, 0.1) is 13.2 Å². The molecule has 0 aliphatic heterocycles. The van der Waals surface area contributed by atoms with Crippen LogP contribution in [0, 0.1) is 0 Å². The number of carbonyl (C=O) groups excluding carboxylic acids is 1. The van der Waals surface area contributed by atoms with Crippen LogP contribution in [0.1, 0.15) is 84.4 Å². The Morgan fingerprint density at radius 3 is 2.00 bits per heavy atom. The van der Waals surface area contributed by atoms with Gasteiger partial charge in [-0.25, -0.2) is 0 Å². The minimum absolute atomic E-state index is 0.0312. The van der Waals surface area contributed by atoms with Crippen LogP contribution in [0.2, 0.25) is 0 Å². The number of carbonyl (C=O) groups is 1. The topological polar surface area (TPSA) is 55.8 Å². The van der Waals surface area contributed by atoms with E-state index in [9.17, 15) is 9.90 Å². The van der Waals surface area contributed by atoms with Gasteiger partial charge in [-0.05, 0) is 35.7 Å². The van der Waals surface area contributed by atoms with Crippen LogP contribution in [-0.2, 0) is 26.8 Å². The number of esters is 1. The lowest BCUT2D eigenvalue weighted by Crippen LogP contribution is -2.20. The third-order valence-electron chi connectivity index (χ3n) is 4.72. The minimum atomic E-state index is -0.570. The van der Waals surface area contributed by atoms with Crippen LogP contribution < -0.4 is 4.74 Å². The molecule has 4 nitrogen and oxygen atoms in total. The van der Waals surface area contributed by atoms with Crippen molar-refractivity contribution < 1.29 is 19.4 Å². The maximum absolute atomic E-state index is 11.9. The van der Waals surface area contributed by atoms with E-state index in [0.29, 0.717) is 12.8 Å². The molecule has 1 unspecified atom stereocenters. The molecule has 1 N–H and O–H groups in total. The molecule has 1 atom stereocenters. The molecule has 0 saturated carbocycles. The first-order valence-electron chi connectivity index (χ1n) is 9.95. The summed E-state index contributed by atoms with van der Waals surface area (Å²) >= 11 is 0. The number of aliphatic hydroxyl groups is 1. The molecule has 1 aromatic carbocycles. The Hall–Kier alpha value is -1.55. The lowest BCUT2D eigenvalue weighted by atomic mass is 9.78. The van der Waals surface area contributed by atoms with E-state index in [-0.39, 0.29) is 23.4 Å². The van der Waals surface area contributed by atoms with E-state index in [1.54, 1.807) is 7.11 Å². The zero-order valence-electron chi connectivity index (χ0n) is 18.4. The second-order valence-corrected chi connectivity index (χ2v) is 9.32. The Bertz CT molecular complexity index is 585. The second kappa shape index (κ2) is 9.59. The van der Waals surface area contributed by atoms with Crippen LogP contribution in [-0.4, -0.2) is 30.9 Å². The number of hydrogen-bond acceptors (Lipinski definition) is 4. The average Bonchev–Trinajstić information content (AvgIpc) is 2.57. The standard InChI is InChI=1S/C23H38O4/c1-9-17(24)15-27-20(25)12-10-11-16-13-18(22(2,3)4)21(26-8)19(14-16)23(5,6)7/h13-14,17,24H,9-12,15H2,1-8H3. The van der Waals surface area contributed by atoms with E-state index >= 15 is 0 Å². The smallest absolute Gasteiger partial charge is 0.305 e. The van der Waals surface area contributed by atoms with Gasteiger partial charge in [-0.3, -0.25) is 4.79 Å². The molecule has 1 rings (SSSR count). The SMILES string of the molecule is CCC(O)COC(=O)CCCc1cc(C(C)(C)C)c(OC)c(C(C)(C)C)c1. The van der Waals surface area contributed by atoms with Crippen LogP contribution in [0.5, 0.6) is 5.75 Å². The van der Waals surface area contributed by atoms with E-state index in [4.69, 9.17) is 9.47 Å². The number of benzene rings is 1. The minimum Gasteiger partial charge on any atom is -0.496 e. The molecular formula is C23H38O4. The molecule has 0 aliphatic rings. The number of ether oxygens (including phenoxy) is 2. The van der Waals surface area contributed by atoms with Gasteiger partial charge in [0.15, 0.2) is 0 Å². The summed E-state index contributed by atoms with van der Waals surface area (Å²) in [5, 5.41) is 9.48. The van der Waals surface area contributed by atoms with Crippen molar-refractivity contribution in [3.8, 4) is 5.75 Å². The number of aliphatic hydroxyl groups excluding tert-OH is 1. The zero-order valence-corrected chi connectivity index (χ0v) is 18.4. The maximum atomic E-state index is 11.9. The summed E-state index contributed by atoms with van der Waals surface area (Å²) in [5.41, 5.74) is 3.54. The van der Waals surface area contributed by atoms with E-state index in [0.717, 1.165) is 18.6 Å². The monoisotopic (exact) mass is 378 g/mol. The molecular weight excluding hydrogens is 340 g/mol. The van der Waals surface area contributed by atoms with Crippen LogP contribution >= 0.6 is 0 Å². The van der Waals surface area contributed by atoms with E-state index in [1.165, 1.54) is 16.7 Å². The van der Waals surface area contributed by atoms with Gasteiger partial charge in [-0.2, -0.15) is 0 Å². The van der Waals surface area contributed by atoms with E-state index in [1.807, 2.05) is 6.92 Å². The molecule has 0 aromatic heterocycles. The highest BCUT2D eigenvalue weighted by Crippen LogP contribution is 2.40. The normalized spacial score (nSPS) is 13.4. The van der Waals surface area contributed by atoms with Crippen molar-refractivity contribution in [3.63, 3.8) is 0 Å². The molecule has 0 aliphatic carbocycles. The number of aryl methyl sites for hydroxylation is 1. The predicted octanol–water partition coefficient (Wildman–Crippen LogP) is 4.93. The Balaban J connectivity index is 2.94. The molecule has 0 heterocycles. The molecule has 1 aromatic rings. The number of hydrogen-bond donors (Lipinski definition) is 1. The molecule has 27 heavy (non-hydrogen) atoms. The van der Waals surface area contributed by atoms with Crippen molar-refractivity contribution >= 4 is 5.97 Å². The van der Waals surface area contributed by atoms with Crippen molar-refractivity contribution in [3.05, 3.63) is 28.8 Å². The first-order chi connectivity index (χ1) is 12.4. The largest absolute Gasteiger partial charge is 0.496 e. The third kappa shape index (κ3) is 7.17. The number of rotatable bonds is 8. The van der Waals surface area contributed by atoms with Gasteiger partial charge < -0.3 is 14.6 Å². The summed E-state index contributed by atoms with van der Waals surface area (Å²) in [7, 11) is 1.74. The molecule has 154 valence electrons. The van der Waals surface area contributed by atoms with Gasteiger partial charge >= 0.3 is 5.97 Å². The average molecular weight is 379 g/mol. The maximum Gasteiger partial charge on any atom is 0.305 e. The van der Waals surface area contributed by atoms with E-state index in [2.05, 4.69) is 53.7 Å². The molecule has 4 heteroatoms. The highest BCUT2D eigenvalue weighted by atomic mass is 16.5. The van der Waals surface area contributed by atoms with Crippen molar-refractivity contribution in [1.82, 2.24) is 0 Å². The van der Waals surface area contributed by atoms with Gasteiger partial charge in [0.1, 0.15) is 12.4 Å². The van der Waals surface area contributed by atoms with Crippen molar-refractivity contribution in [2.45, 2.75) is 91.1 Å². The predicted molar refractivity (Wildman–Crippen MR) is 111 cm³/mol. The number of methoxy groups -OCH3 is 1. The van der Waals surface area contributed by atoms with Crippen LogP contribution in [0.25, 0.3) is 0 Å². The van der Waals surface area contributed by atoms with Gasteiger partial charge in [0, 0.05) is 17.5 Å². The Morgan fingerprint density at radius 1 is 1.07 bits per heavy atom. The summed E-state index contributed by atoms with van der Waals surface area (Å²) in [6.07, 6.45) is 1.91. The summed E-state index contributed by atoms with van der Waals surface area (Å²) in [6, 6.07) is 4.42. The fourth-order valence-corrected chi connectivity index (χ4v) is 2.98. The third-order valence-corrected chi connectivity index (χ3v) is 4.72. The highest BCUT2D eigenvalue weighted by molar-refractivity contribution is 5.69. The molecule has 0 bridgehead atoms. The lowest BCUT2D eigenvalue weighted by Gasteiger charge is -2.30. The fraction of sp³-hybridized carbons (Fsp3) is 0.696. The summed E-state index contributed by atoms with van der Waals surface area (Å²) in [5.74, 6) is 0.717.